The lowest BCUT2D eigenvalue weighted by molar-refractivity contribution is 0.0730. The molecule has 1 atom stereocenters. The molecule has 6 nitrogen and oxygen atoms in total. The minimum absolute atomic E-state index is 0.125. The molecule has 0 spiro atoms. The Labute approximate surface area is 166 Å². The molecule has 0 aliphatic rings. The summed E-state index contributed by atoms with van der Waals surface area (Å²) in [6.45, 7) is 4.22. The zero-order valence-corrected chi connectivity index (χ0v) is 16.6. The number of benzene rings is 2. The quantitative estimate of drug-likeness (QED) is 0.682. The standard InChI is InChI=1S/C22H27N3O3/c1-4-15-9-10-16(13-20(15)28-5-2)19(11-12-23)25(3)22(27)21-17(14-26)7-6-8-18(21)24/h6-10,13,19,26H,4-5,11,14,24H2,1-3H3. The molecule has 0 heterocycles. The van der Waals surface area contributed by atoms with Crippen molar-refractivity contribution in [1.82, 2.24) is 4.90 Å². The predicted octanol–water partition coefficient (Wildman–Crippen LogP) is 3.45. The van der Waals surface area contributed by atoms with Crippen LogP contribution in [0.4, 0.5) is 5.69 Å². The Kier molecular flexibility index (Phi) is 7.42. The number of aliphatic hydroxyl groups excluding tert-OH is 1. The molecule has 0 fully saturated rings. The number of rotatable bonds is 8. The molecular weight excluding hydrogens is 354 g/mol. The highest BCUT2D eigenvalue weighted by Crippen LogP contribution is 2.31. The van der Waals surface area contributed by atoms with E-state index >= 15 is 0 Å². The molecule has 2 rings (SSSR count). The molecule has 2 aromatic rings. The molecule has 0 aromatic heterocycles. The van der Waals surface area contributed by atoms with Gasteiger partial charge in [-0.3, -0.25) is 4.79 Å². The third-order valence-corrected chi connectivity index (χ3v) is 4.80. The van der Waals surface area contributed by atoms with E-state index in [4.69, 9.17) is 10.5 Å². The Bertz CT molecular complexity index is 874. The minimum Gasteiger partial charge on any atom is -0.494 e. The summed E-state index contributed by atoms with van der Waals surface area (Å²) in [7, 11) is 1.64. The number of nitrogens with zero attached hydrogens (tertiary/aromatic N) is 2. The Morgan fingerprint density at radius 2 is 2.04 bits per heavy atom. The monoisotopic (exact) mass is 381 g/mol. The van der Waals surface area contributed by atoms with Crippen LogP contribution < -0.4 is 10.5 Å². The van der Waals surface area contributed by atoms with Crippen molar-refractivity contribution in [2.24, 2.45) is 0 Å². The van der Waals surface area contributed by atoms with Crippen molar-refractivity contribution in [2.45, 2.75) is 39.3 Å². The molecule has 0 radical (unpaired) electrons. The molecule has 0 aliphatic carbocycles. The van der Waals surface area contributed by atoms with Crippen molar-refractivity contribution in [3.63, 3.8) is 0 Å². The van der Waals surface area contributed by atoms with Crippen LogP contribution in [0.5, 0.6) is 5.75 Å². The summed E-state index contributed by atoms with van der Waals surface area (Å²) in [6, 6.07) is 12.5. The number of ether oxygens (including phenoxy) is 1. The molecule has 148 valence electrons. The van der Waals surface area contributed by atoms with Crippen LogP contribution in [0.2, 0.25) is 0 Å². The van der Waals surface area contributed by atoms with Gasteiger partial charge in [0.25, 0.3) is 5.91 Å². The summed E-state index contributed by atoms with van der Waals surface area (Å²) in [6.07, 6.45) is 0.953. The van der Waals surface area contributed by atoms with E-state index in [0.717, 1.165) is 23.3 Å². The first-order valence-electron chi connectivity index (χ1n) is 9.36. The summed E-state index contributed by atoms with van der Waals surface area (Å²) in [5.41, 5.74) is 8.93. The van der Waals surface area contributed by atoms with Gasteiger partial charge in [0, 0.05) is 12.7 Å². The molecule has 0 aliphatic heterocycles. The van der Waals surface area contributed by atoms with Gasteiger partial charge in [0.1, 0.15) is 5.75 Å². The summed E-state index contributed by atoms with van der Waals surface area (Å²) in [4.78, 5) is 14.7. The third kappa shape index (κ3) is 4.44. The third-order valence-electron chi connectivity index (χ3n) is 4.80. The Morgan fingerprint density at radius 1 is 1.29 bits per heavy atom. The van der Waals surface area contributed by atoms with Gasteiger partial charge in [-0.25, -0.2) is 0 Å². The fourth-order valence-electron chi connectivity index (χ4n) is 3.26. The average molecular weight is 381 g/mol. The van der Waals surface area contributed by atoms with Gasteiger partial charge in [0.05, 0.1) is 37.3 Å². The van der Waals surface area contributed by atoms with Gasteiger partial charge in [-0.15, -0.1) is 0 Å². The fraction of sp³-hybridized carbons (Fsp3) is 0.364. The number of hydrogen-bond acceptors (Lipinski definition) is 5. The molecule has 0 saturated heterocycles. The number of carbonyl (C=O) groups is 1. The Balaban J connectivity index is 2.45. The van der Waals surface area contributed by atoms with Gasteiger partial charge in [0.2, 0.25) is 0 Å². The fourth-order valence-corrected chi connectivity index (χ4v) is 3.26. The number of aliphatic hydroxyl groups is 1. The van der Waals surface area contributed by atoms with Crippen LogP contribution in [0.25, 0.3) is 0 Å². The van der Waals surface area contributed by atoms with Crippen LogP contribution >= 0.6 is 0 Å². The number of nitrogen functional groups attached to an aromatic ring is 1. The maximum Gasteiger partial charge on any atom is 0.256 e. The molecule has 3 N–H and O–H groups in total. The van der Waals surface area contributed by atoms with Gasteiger partial charge in [-0.2, -0.15) is 5.26 Å². The number of amides is 1. The molecule has 6 heteroatoms. The molecule has 28 heavy (non-hydrogen) atoms. The van der Waals surface area contributed by atoms with E-state index in [1.165, 1.54) is 4.90 Å². The molecular formula is C22H27N3O3. The highest BCUT2D eigenvalue weighted by Gasteiger charge is 2.26. The van der Waals surface area contributed by atoms with Crippen LogP contribution in [0, 0.1) is 11.3 Å². The van der Waals surface area contributed by atoms with Crippen molar-refractivity contribution in [3.05, 3.63) is 58.7 Å². The lowest BCUT2D eigenvalue weighted by Crippen LogP contribution is -2.32. The van der Waals surface area contributed by atoms with Crippen LogP contribution in [0.3, 0.4) is 0 Å². The second-order valence-corrected chi connectivity index (χ2v) is 6.49. The van der Waals surface area contributed by atoms with E-state index in [1.54, 1.807) is 25.2 Å². The Morgan fingerprint density at radius 3 is 2.64 bits per heavy atom. The normalized spacial score (nSPS) is 11.5. The highest BCUT2D eigenvalue weighted by molar-refractivity contribution is 6.00. The first kappa shape index (κ1) is 21.3. The van der Waals surface area contributed by atoms with Crippen LogP contribution in [-0.4, -0.2) is 29.6 Å². The molecule has 2 aromatic carbocycles. The largest absolute Gasteiger partial charge is 0.494 e. The van der Waals surface area contributed by atoms with Crippen molar-refractivity contribution >= 4 is 11.6 Å². The number of carbonyl (C=O) groups excluding carboxylic acids is 1. The summed E-state index contributed by atoms with van der Waals surface area (Å²) >= 11 is 0. The Hall–Kier alpha value is -3.04. The summed E-state index contributed by atoms with van der Waals surface area (Å²) in [5.74, 6) is 0.432. The topological polar surface area (TPSA) is 99.6 Å². The smallest absolute Gasteiger partial charge is 0.256 e. The number of nitrogens with two attached hydrogens (primary N) is 1. The molecule has 0 saturated carbocycles. The van der Waals surface area contributed by atoms with E-state index in [2.05, 4.69) is 13.0 Å². The van der Waals surface area contributed by atoms with E-state index in [9.17, 15) is 15.2 Å². The zero-order chi connectivity index (χ0) is 20.7. The number of hydrogen-bond donors (Lipinski definition) is 2. The predicted molar refractivity (Wildman–Crippen MR) is 109 cm³/mol. The van der Waals surface area contributed by atoms with Crippen LogP contribution in [0.1, 0.15) is 53.4 Å². The van der Waals surface area contributed by atoms with E-state index in [1.807, 2.05) is 25.1 Å². The molecule has 1 amide bonds. The number of nitriles is 1. The highest BCUT2D eigenvalue weighted by atomic mass is 16.5. The van der Waals surface area contributed by atoms with Crippen LogP contribution in [-0.2, 0) is 13.0 Å². The lowest BCUT2D eigenvalue weighted by Gasteiger charge is -2.28. The van der Waals surface area contributed by atoms with E-state index in [-0.39, 0.29) is 24.5 Å². The SMILES string of the molecule is CCOc1cc(C(CC#N)N(C)C(=O)c2c(N)cccc2CO)ccc1CC. The summed E-state index contributed by atoms with van der Waals surface area (Å²) in [5, 5.41) is 18.9. The molecule has 0 bridgehead atoms. The second kappa shape index (κ2) is 9.77. The number of anilines is 1. The molecule has 1 unspecified atom stereocenters. The average Bonchev–Trinajstić information content (AvgIpc) is 2.71. The minimum atomic E-state index is -0.464. The maximum atomic E-state index is 13.2. The van der Waals surface area contributed by atoms with Gasteiger partial charge in [0.15, 0.2) is 0 Å². The van der Waals surface area contributed by atoms with Crippen molar-refractivity contribution in [3.8, 4) is 11.8 Å². The van der Waals surface area contributed by atoms with Gasteiger partial charge < -0.3 is 20.5 Å². The van der Waals surface area contributed by atoms with Gasteiger partial charge in [-0.05, 0) is 42.2 Å². The van der Waals surface area contributed by atoms with E-state index < -0.39 is 6.04 Å². The van der Waals surface area contributed by atoms with Crippen molar-refractivity contribution in [1.29, 1.82) is 5.26 Å². The van der Waals surface area contributed by atoms with Gasteiger partial charge in [-0.1, -0.05) is 31.2 Å². The van der Waals surface area contributed by atoms with Crippen molar-refractivity contribution in [2.75, 3.05) is 19.4 Å². The second-order valence-electron chi connectivity index (χ2n) is 6.49. The first-order valence-corrected chi connectivity index (χ1v) is 9.36. The van der Waals surface area contributed by atoms with Gasteiger partial charge >= 0.3 is 0 Å². The number of aryl methyl sites for hydroxylation is 1. The lowest BCUT2D eigenvalue weighted by atomic mass is 9.98. The van der Waals surface area contributed by atoms with Crippen LogP contribution in [0.15, 0.2) is 36.4 Å². The zero-order valence-electron chi connectivity index (χ0n) is 16.6. The summed E-state index contributed by atoms with van der Waals surface area (Å²) < 4.78 is 5.74. The van der Waals surface area contributed by atoms with E-state index in [0.29, 0.717) is 17.9 Å². The van der Waals surface area contributed by atoms with Crippen molar-refractivity contribution < 1.29 is 14.6 Å². The first-order chi connectivity index (χ1) is 13.5. The maximum absolute atomic E-state index is 13.2.